The maximum absolute atomic E-state index is 13.3. The highest BCUT2D eigenvalue weighted by Crippen LogP contribution is 2.45. The molecule has 4 rings (SSSR count). The number of para-hydroxylation sites is 1. The molecule has 33 heavy (non-hydrogen) atoms. The number of benzene rings is 3. The Balaban J connectivity index is 1.99. The summed E-state index contributed by atoms with van der Waals surface area (Å²) in [6.07, 6.45) is 0. The molecule has 3 aromatic rings. The maximum Gasteiger partial charge on any atom is 0.300 e. The molecular weight excluding hydrogens is 422 g/mol. The lowest BCUT2D eigenvalue weighted by molar-refractivity contribution is -0.132. The normalized spacial score (nSPS) is 17.2. The van der Waals surface area contributed by atoms with E-state index in [2.05, 4.69) is 0 Å². The molecule has 0 saturated carbocycles. The zero-order valence-corrected chi connectivity index (χ0v) is 18.4. The van der Waals surface area contributed by atoms with Crippen LogP contribution in [0.3, 0.4) is 0 Å². The summed E-state index contributed by atoms with van der Waals surface area (Å²) in [7, 11) is 4.46. The van der Waals surface area contributed by atoms with Gasteiger partial charge in [0, 0.05) is 5.69 Å². The Morgan fingerprint density at radius 2 is 1.39 bits per heavy atom. The number of Topliss-reactive ketones (excluding diaryl/α,β-unsaturated/α-hetero) is 1. The van der Waals surface area contributed by atoms with Gasteiger partial charge in [0.05, 0.1) is 32.9 Å². The number of rotatable bonds is 6. The van der Waals surface area contributed by atoms with E-state index in [4.69, 9.17) is 14.2 Å². The minimum atomic E-state index is -0.868. The molecule has 1 atom stereocenters. The number of ketones is 1. The van der Waals surface area contributed by atoms with Crippen molar-refractivity contribution in [1.82, 2.24) is 0 Å². The minimum absolute atomic E-state index is 0.0585. The lowest BCUT2D eigenvalue weighted by Crippen LogP contribution is -2.29. The van der Waals surface area contributed by atoms with Crippen LogP contribution in [0.4, 0.5) is 5.69 Å². The lowest BCUT2D eigenvalue weighted by atomic mass is 9.94. The number of aliphatic hydroxyl groups is 1. The van der Waals surface area contributed by atoms with Crippen molar-refractivity contribution in [2.45, 2.75) is 6.04 Å². The van der Waals surface area contributed by atoms with Gasteiger partial charge in [0.25, 0.3) is 11.7 Å². The molecule has 0 radical (unpaired) electrons. The van der Waals surface area contributed by atoms with Crippen molar-refractivity contribution in [3.05, 3.63) is 89.5 Å². The fourth-order valence-corrected chi connectivity index (χ4v) is 4.01. The first kappa shape index (κ1) is 22.0. The van der Waals surface area contributed by atoms with E-state index in [9.17, 15) is 14.7 Å². The van der Waals surface area contributed by atoms with Crippen molar-refractivity contribution < 1.29 is 28.9 Å². The zero-order valence-electron chi connectivity index (χ0n) is 18.4. The van der Waals surface area contributed by atoms with Crippen LogP contribution in [-0.4, -0.2) is 38.1 Å². The van der Waals surface area contributed by atoms with E-state index < -0.39 is 17.7 Å². The van der Waals surface area contributed by atoms with E-state index in [0.717, 1.165) is 0 Å². The van der Waals surface area contributed by atoms with Gasteiger partial charge in [-0.1, -0.05) is 36.4 Å². The van der Waals surface area contributed by atoms with E-state index in [-0.39, 0.29) is 16.9 Å². The number of anilines is 1. The lowest BCUT2D eigenvalue weighted by Gasteiger charge is -2.25. The highest BCUT2D eigenvalue weighted by atomic mass is 16.5. The third-order valence-corrected chi connectivity index (χ3v) is 5.57. The quantitative estimate of drug-likeness (QED) is 0.345. The van der Waals surface area contributed by atoms with Crippen LogP contribution >= 0.6 is 0 Å². The van der Waals surface area contributed by atoms with E-state index in [1.54, 1.807) is 73.8 Å². The largest absolute Gasteiger partial charge is 0.506 e. The molecule has 3 aromatic carbocycles. The summed E-state index contributed by atoms with van der Waals surface area (Å²) >= 11 is 0. The number of ether oxygens (including phenoxy) is 3. The molecular formula is C26H23NO6. The number of methoxy groups -OCH3 is 3. The summed E-state index contributed by atoms with van der Waals surface area (Å²) in [6.45, 7) is 0. The molecule has 0 bridgehead atoms. The standard InChI is InChI=1S/C26H23NO6/c1-31-18-14-12-16(13-15-18)23-22(24(28)21-19(32-2)10-7-11-20(21)33-3)25(29)26(30)27(23)17-8-5-4-6-9-17/h4-15,23,28H,1-3H3/b24-22+. The molecule has 0 spiro atoms. The molecule has 1 saturated heterocycles. The zero-order chi connectivity index (χ0) is 23.5. The van der Waals surface area contributed by atoms with E-state index in [1.165, 1.54) is 19.1 Å². The number of aliphatic hydroxyl groups excluding tert-OH is 1. The van der Waals surface area contributed by atoms with Crippen LogP contribution < -0.4 is 19.1 Å². The molecule has 1 N–H and O–H groups in total. The van der Waals surface area contributed by atoms with Crippen molar-refractivity contribution in [3.8, 4) is 17.2 Å². The third kappa shape index (κ3) is 3.78. The van der Waals surface area contributed by atoms with Gasteiger partial charge in [-0.25, -0.2) is 0 Å². The first-order valence-corrected chi connectivity index (χ1v) is 10.2. The van der Waals surface area contributed by atoms with Crippen LogP contribution in [0.15, 0.2) is 78.4 Å². The van der Waals surface area contributed by atoms with Gasteiger partial charge in [-0.15, -0.1) is 0 Å². The van der Waals surface area contributed by atoms with Crippen LogP contribution in [0.2, 0.25) is 0 Å². The summed E-state index contributed by atoms with van der Waals surface area (Å²) in [5.74, 6) is -0.663. The molecule has 1 unspecified atom stereocenters. The second-order valence-electron chi connectivity index (χ2n) is 7.32. The van der Waals surface area contributed by atoms with Crippen LogP contribution in [0.1, 0.15) is 17.2 Å². The van der Waals surface area contributed by atoms with Crippen LogP contribution in [0, 0.1) is 0 Å². The summed E-state index contributed by atoms with van der Waals surface area (Å²) < 4.78 is 16.1. The molecule has 1 aliphatic heterocycles. The Morgan fingerprint density at radius 3 is 1.94 bits per heavy atom. The second-order valence-corrected chi connectivity index (χ2v) is 7.32. The predicted octanol–water partition coefficient (Wildman–Crippen LogP) is 4.34. The van der Waals surface area contributed by atoms with Crippen molar-refractivity contribution in [3.63, 3.8) is 0 Å². The molecule has 0 aliphatic carbocycles. The van der Waals surface area contributed by atoms with Gasteiger partial charge in [-0.3, -0.25) is 14.5 Å². The van der Waals surface area contributed by atoms with Gasteiger partial charge in [-0.05, 0) is 42.0 Å². The number of hydrogen-bond acceptors (Lipinski definition) is 6. The van der Waals surface area contributed by atoms with E-state index in [1.807, 2.05) is 6.07 Å². The number of nitrogens with zero attached hydrogens (tertiary/aromatic N) is 1. The Labute approximate surface area is 191 Å². The summed E-state index contributed by atoms with van der Waals surface area (Å²) in [5.41, 5.74) is 1.31. The molecule has 168 valence electrons. The number of carbonyl (C=O) groups excluding carboxylic acids is 2. The SMILES string of the molecule is COc1ccc(C2/C(=C(\O)c3c(OC)cccc3OC)C(=O)C(=O)N2c2ccccc2)cc1. The average molecular weight is 445 g/mol. The fourth-order valence-electron chi connectivity index (χ4n) is 4.01. The van der Waals surface area contributed by atoms with Gasteiger partial charge in [-0.2, -0.15) is 0 Å². The Morgan fingerprint density at radius 1 is 0.788 bits per heavy atom. The first-order valence-electron chi connectivity index (χ1n) is 10.2. The average Bonchev–Trinajstić information content (AvgIpc) is 3.13. The van der Waals surface area contributed by atoms with Gasteiger partial charge >= 0.3 is 0 Å². The number of carbonyl (C=O) groups is 2. The topological polar surface area (TPSA) is 85.3 Å². The van der Waals surface area contributed by atoms with Crippen molar-refractivity contribution >= 4 is 23.1 Å². The fraction of sp³-hybridized carbons (Fsp3) is 0.154. The van der Waals surface area contributed by atoms with Crippen molar-refractivity contribution in [2.75, 3.05) is 26.2 Å². The Bertz CT molecular complexity index is 1200. The van der Waals surface area contributed by atoms with E-state index in [0.29, 0.717) is 28.5 Å². The predicted molar refractivity (Wildman–Crippen MR) is 124 cm³/mol. The maximum atomic E-state index is 13.3. The van der Waals surface area contributed by atoms with Crippen molar-refractivity contribution in [1.29, 1.82) is 0 Å². The van der Waals surface area contributed by atoms with Crippen LogP contribution in [-0.2, 0) is 9.59 Å². The van der Waals surface area contributed by atoms with Gasteiger partial charge in [0.15, 0.2) is 0 Å². The van der Waals surface area contributed by atoms with Crippen LogP contribution in [0.25, 0.3) is 5.76 Å². The van der Waals surface area contributed by atoms with Gasteiger partial charge < -0.3 is 19.3 Å². The van der Waals surface area contributed by atoms with Crippen LogP contribution in [0.5, 0.6) is 17.2 Å². The van der Waals surface area contributed by atoms with E-state index >= 15 is 0 Å². The second kappa shape index (κ2) is 9.08. The Kier molecular flexibility index (Phi) is 6.04. The molecule has 1 amide bonds. The third-order valence-electron chi connectivity index (χ3n) is 5.57. The monoisotopic (exact) mass is 445 g/mol. The molecule has 1 aliphatic rings. The number of hydrogen-bond donors (Lipinski definition) is 1. The summed E-state index contributed by atoms with van der Waals surface area (Å²) in [5, 5.41) is 11.4. The van der Waals surface area contributed by atoms with Crippen molar-refractivity contribution in [2.24, 2.45) is 0 Å². The minimum Gasteiger partial charge on any atom is -0.506 e. The van der Waals surface area contributed by atoms with Gasteiger partial charge in [0.2, 0.25) is 0 Å². The molecule has 1 fully saturated rings. The highest BCUT2D eigenvalue weighted by molar-refractivity contribution is 6.51. The number of amides is 1. The highest BCUT2D eigenvalue weighted by Gasteiger charge is 2.47. The van der Waals surface area contributed by atoms with Gasteiger partial charge in [0.1, 0.15) is 28.6 Å². The smallest absolute Gasteiger partial charge is 0.300 e. The Hall–Kier alpha value is -4.26. The summed E-state index contributed by atoms with van der Waals surface area (Å²) in [6, 6.07) is 20.0. The molecule has 7 heteroatoms. The molecule has 7 nitrogen and oxygen atoms in total. The molecule has 1 heterocycles. The summed E-state index contributed by atoms with van der Waals surface area (Å²) in [4.78, 5) is 27.9. The first-order chi connectivity index (χ1) is 16.0. The molecule has 0 aromatic heterocycles.